The van der Waals surface area contributed by atoms with Crippen LogP contribution in [-0.2, 0) is 0 Å². The molecule has 2 fully saturated rings. The van der Waals surface area contributed by atoms with Crippen LogP contribution in [0.2, 0.25) is 0 Å². The lowest BCUT2D eigenvalue weighted by molar-refractivity contribution is 0.161. The predicted molar refractivity (Wildman–Crippen MR) is 69.2 cm³/mol. The van der Waals surface area contributed by atoms with E-state index in [-0.39, 0.29) is 6.04 Å². The molecular weight excluding hydrogens is 214 g/mol. The van der Waals surface area contributed by atoms with Crippen LogP contribution in [0.5, 0.6) is 0 Å². The summed E-state index contributed by atoms with van der Waals surface area (Å²) in [7, 11) is 0. The van der Waals surface area contributed by atoms with Crippen molar-refractivity contribution in [3.8, 4) is 0 Å². The largest absolute Gasteiger partial charge is 0.409 e. The maximum absolute atomic E-state index is 8.88. The zero-order chi connectivity index (χ0) is 12.3. The van der Waals surface area contributed by atoms with Crippen LogP contribution < -0.4 is 5.73 Å². The molecule has 2 rings (SSSR count). The van der Waals surface area contributed by atoms with Crippen molar-refractivity contribution in [1.29, 1.82) is 0 Å². The lowest BCUT2D eigenvalue weighted by Crippen LogP contribution is -2.48. The number of nitrogens with zero attached hydrogens (tertiary/aromatic N) is 2. The maximum atomic E-state index is 8.88. The van der Waals surface area contributed by atoms with Gasteiger partial charge in [0.1, 0.15) is 0 Å². The normalized spacial score (nSPS) is 29.9. The molecule has 1 saturated heterocycles. The molecule has 98 valence electrons. The van der Waals surface area contributed by atoms with Crippen molar-refractivity contribution < 1.29 is 5.21 Å². The number of hydrogen-bond donors (Lipinski definition) is 2. The Hall–Kier alpha value is -0.770. The highest BCUT2D eigenvalue weighted by Gasteiger charge is 2.37. The van der Waals surface area contributed by atoms with Gasteiger partial charge < -0.3 is 10.9 Å². The second-order valence-electron chi connectivity index (χ2n) is 5.44. The summed E-state index contributed by atoms with van der Waals surface area (Å²) >= 11 is 0. The van der Waals surface area contributed by atoms with Crippen molar-refractivity contribution >= 4 is 5.84 Å². The first-order chi connectivity index (χ1) is 8.27. The fraction of sp³-hybridized carbons (Fsp3) is 0.923. The standard InChI is InChI=1S/C13H25N3O/c1-2-11(13(14)15-17)16-9-5-8-12(16)10-6-3-4-7-10/h10-12,17H,2-9H2,1H3,(H2,14,15). The molecular formula is C13H25N3O. The highest BCUT2D eigenvalue weighted by molar-refractivity contribution is 5.85. The van der Waals surface area contributed by atoms with Crippen molar-refractivity contribution in [2.45, 2.75) is 64.0 Å². The molecule has 2 aliphatic rings. The molecule has 0 spiro atoms. The molecule has 1 saturated carbocycles. The van der Waals surface area contributed by atoms with Gasteiger partial charge in [0, 0.05) is 6.04 Å². The Morgan fingerprint density at radius 2 is 2.06 bits per heavy atom. The van der Waals surface area contributed by atoms with Gasteiger partial charge in [-0.25, -0.2) is 0 Å². The summed E-state index contributed by atoms with van der Waals surface area (Å²) in [6, 6.07) is 0.802. The van der Waals surface area contributed by atoms with E-state index in [4.69, 9.17) is 10.9 Å². The van der Waals surface area contributed by atoms with Crippen LogP contribution in [0.25, 0.3) is 0 Å². The number of rotatable bonds is 4. The molecule has 17 heavy (non-hydrogen) atoms. The van der Waals surface area contributed by atoms with Gasteiger partial charge in [-0.15, -0.1) is 0 Å². The average molecular weight is 239 g/mol. The number of nitrogens with two attached hydrogens (primary N) is 1. The molecule has 0 amide bonds. The topological polar surface area (TPSA) is 61.9 Å². The lowest BCUT2D eigenvalue weighted by atomic mass is 9.94. The number of hydrogen-bond acceptors (Lipinski definition) is 3. The summed E-state index contributed by atoms with van der Waals surface area (Å²) in [6.45, 7) is 3.22. The van der Waals surface area contributed by atoms with Gasteiger partial charge in [-0.1, -0.05) is 24.9 Å². The molecule has 4 nitrogen and oxygen atoms in total. The van der Waals surface area contributed by atoms with Gasteiger partial charge in [-0.3, -0.25) is 4.90 Å². The van der Waals surface area contributed by atoms with E-state index in [1.807, 2.05) is 0 Å². The summed E-state index contributed by atoms with van der Waals surface area (Å²) in [5.41, 5.74) is 5.83. The summed E-state index contributed by atoms with van der Waals surface area (Å²) in [6.07, 6.45) is 8.99. The van der Waals surface area contributed by atoms with Crippen molar-refractivity contribution in [2.75, 3.05) is 6.54 Å². The van der Waals surface area contributed by atoms with E-state index >= 15 is 0 Å². The number of oxime groups is 1. The van der Waals surface area contributed by atoms with Crippen LogP contribution in [0.15, 0.2) is 5.16 Å². The van der Waals surface area contributed by atoms with Gasteiger partial charge in [-0.05, 0) is 44.6 Å². The van der Waals surface area contributed by atoms with E-state index < -0.39 is 0 Å². The van der Waals surface area contributed by atoms with Gasteiger partial charge in [-0.2, -0.15) is 0 Å². The molecule has 1 aliphatic carbocycles. The fourth-order valence-corrected chi connectivity index (χ4v) is 3.73. The zero-order valence-corrected chi connectivity index (χ0v) is 10.8. The SMILES string of the molecule is CCC(C(N)=NO)N1CCCC1C1CCCC1. The van der Waals surface area contributed by atoms with E-state index in [0.717, 1.165) is 18.9 Å². The quantitative estimate of drug-likeness (QED) is 0.342. The van der Waals surface area contributed by atoms with E-state index in [0.29, 0.717) is 11.9 Å². The summed E-state index contributed by atoms with van der Waals surface area (Å²) in [5, 5.41) is 12.1. The molecule has 0 aromatic carbocycles. The Morgan fingerprint density at radius 1 is 1.35 bits per heavy atom. The molecule has 0 bridgehead atoms. The van der Waals surface area contributed by atoms with E-state index in [1.165, 1.54) is 38.5 Å². The molecule has 1 aliphatic heterocycles. The highest BCUT2D eigenvalue weighted by atomic mass is 16.4. The Bertz CT molecular complexity index is 274. The fourth-order valence-electron chi connectivity index (χ4n) is 3.73. The van der Waals surface area contributed by atoms with Gasteiger partial charge in [0.15, 0.2) is 5.84 Å². The highest BCUT2D eigenvalue weighted by Crippen LogP contribution is 2.36. The van der Waals surface area contributed by atoms with E-state index in [2.05, 4.69) is 17.0 Å². The average Bonchev–Trinajstić information content (AvgIpc) is 2.99. The molecule has 4 heteroatoms. The lowest BCUT2D eigenvalue weighted by Gasteiger charge is -2.34. The van der Waals surface area contributed by atoms with Crippen LogP contribution >= 0.6 is 0 Å². The molecule has 0 radical (unpaired) electrons. The molecule has 1 heterocycles. The Morgan fingerprint density at radius 3 is 2.65 bits per heavy atom. The van der Waals surface area contributed by atoms with Crippen LogP contribution in [0.1, 0.15) is 51.9 Å². The Balaban J connectivity index is 2.06. The monoisotopic (exact) mass is 239 g/mol. The maximum Gasteiger partial charge on any atom is 0.156 e. The minimum atomic E-state index is 0.132. The van der Waals surface area contributed by atoms with Gasteiger partial charge in [0.05, 0.1) is 6.04 Å². The third kappa shape index (κ3) is 2.57. The van der Waals surface area contributed by atoms with Crippen molar-refractivity contribution in [3.05, 3.63) is 0 Å². The first-order valence-corrected chi connectivity index (χ1v) is 7.01. The summed E-state index contributed by atoms with van der Waals surface area (Å²) in [5.74, 6) is 1.23. The van der Waals surface area contributed by atoms with Gasteiger partial charge >= 0.3 is 0 Å². The van der Waals surface area contributed by atoms with Gasteiger partial charge in [0.25, 0.3) is 0 Å². The van der Waals surface area contributed by atoms with Crippen molar-refractivity contribution in [3.63, 3.8) is 0 Å². The molecule has 0 aromatic rings. The van der Waals surface area contributed by atoms with Crippen molar-refractivity contribution in [1.82, 2.24) is 4.90 Å². The second kappa shape index (κ2) is 5.71. The summed E-state index contributed by atoms with van der Waals surface area (Å²) in [4.78, 5) is 2.49. The minimum Gasteiger partial charge on any atom is -0.409 e. The van der Waals surface area contributed by atoms with E-state index in [1.54, 1.807) is 0 Å². The molecule has 3 N–H and O–H groups in total. The van der Waals surface area contributed by atoms with E-state index in [9.17, 15) is 0 Å². The third-order valence-electron chi connectivity index (χ3n) is 4.53. The third-order valence-corrected chi connectivity index (χ3v) is 4.53. The van der Waals surface area contributed by atoms with Crippen LogP contribution in [0.3, 0.4) is 0 Å². The number of amidine groups is 1. The van der Waals surface area contributed by atoms with Gasteiger partial charge in [0.2, 0.25) is 0 Å². The van der Waals surface area contributed by atoms with Crippen LogP contribution in [-0.4, -0.2) is 34.6 Å². The zero-order valence-electron chi connectivity index (χ0n) is 10.8. The second-order valence-corrected chi connectivity index (χ2v) is 5.44. The molecule has 2 unspecified atom stereocenters. The predicted octanol–water partition coefficient (Wildman–Crippen LogP) is 2.17. The smallest absolute Gasteiger partial charge is 0.156 e. The Labute approximate surface area is 104 Å². The van der Waals surface area contributed by atoms with Crippen LogP contribution in [0.4, 0.5) is 0 Å². The summed E-state index contributed by atoms with van der Waals surface area (Å²) < 4.78 is 0. The Kier molecular flexibility index (Phi) is 4.26. The first-order valence-electron chi connectivity index (χ1n) is 7.01. The minimum absolute atomic E-state index is 0.132. The molecule has 2 atom stereocenters. The first kappa shape index (κ1) is 12.7. The number of likely N-dealkylation sites (tertiary alicyclic amines) is 1. The molecule has 0 aromatic heterocycles. The van der Waals surface area contributed by atoms with Crippen molar-refractivity contribution in [2.24, 2.45) is 16.8 Å². The van der Waals surface area contributed by atoms with Crippen LogP contribution in [0, 0.1) is 5.92 Å².